The second-order valence-corrected chi connectivity index (χ2v) is 7.63. The quantitative estimate of drug-likeness (QED) is 0.873. The molecule has 1 saturated heterocycles. The predicted molar refractivity (Wildman–Crippen MR) is 89.1 cm³/mol. The highest BCUT2D eigenvalue weighted by Crippen LogP contribution is 2.44. The van der Waals surface area contributed by atoms with E-state index in [1.807, 2.05) is 17.8 Å². The number of nitrogens with one attached hydrogen (secondary N) is 2. The number of hydrogen-bond acceptors (Lipinski definition) is 4. The summed E-state index contributed by atoms with van der Waals surface area (Å²) >= 11 is 1.92. The molecule has 0 aromatic heterocycles. The molecule has 22 heavy (non-hydrogen) atoms. The minimum Gasteiger partial charge on any atom is -0.366 e. The van der Waals surface area contributed by atoms with E-state index >= 15 is 0 Å². The summed E-state index contributed by atoms with van der Waals surface area (Å²) in [5.41, 5.74) is 0. The summed E-state index contributed by atoms with van der Waals surface area (Å²) in [6.07, 6.45) is 4.48. The highest BCUT2D eigenvalue weighted by Gasteiger charge is 2.36. The Morgan fingerprint density at radius 1 is 1.32 bits per heavy atom. The Morgan fingerprint density at radius 3 is 2.77 bits per heavy atom. The van der Waals surface area contributed by atoms with Crippen molar-refractivity contribution in [1.29, 1.82) is 0 Å². The molecule has 1 unspecified atom stereocenters. The van der Waals surface area contributed by atoms with Crippen molar-refractivity contribution in [3.63, 3.8) is 0 Å². The van der Waals surface area contributed by atoms with E-state index < -0.39 is 0 Å². The SMILES string of the molecule is O=C(NCC1(Sc2ccccc2)CCCC1)C1CNCCO1. The molecule has 3 rings (SSSR count). The molecule has 0 bridgehead atoms. The lowest BCUT2D eigenvalue weighted by atomic mass is 10.1. The van der Waals surface area contributed by atoms with Crippen LogP contribution in [0.4, 0.5) is 0 Å². The number of hydrogen-bond donors (Lipinski definition) is 2. The first-order valence-corrected chi connectivity index (χ1v) is 8.93. The fourth-order valence-electron chi connectivity index (χ4n) is 3.17. The van der Waals surface area contributed by atoms with Crippen LogP contribution in [-0.2, 0) is 9.53 Å². The van der Waals surface area contributed by atoms with Crippen molar-refractivity contribution in [2.24, 2.45) is 0 Å². The van der Waals surface area contributed by atoms with Crippen molar-refractivity contribution < 1.29 is 9.53 Å². The summed E-state index contributed by atoms with van der Waals surface area (Å²) in [7, 11) is 0. The van der Waals surface area contributed by atoms with Crippen molar-refractivity contribution >= 4 is 17.7 Å². The van der Waals surface area contributed by atoms with Gasteiger partial charge in [-0.15, -0.1) is 11.8 Å². The monoisotopic (exact) mass is 320 g/mol. The minimum absolute atomic E-state index is 0.0205. The van der Waals surface area contributed by atoms with E-state index in [4.69, 9.17) is 4.74 Å². The van der Waals surface area contributed by atoms with Crippen molar-refractivity contribution in [2.45, 2.75) is 41.4 Å². The lowest BCUT2D eigenvalue weighted by molar-refractivity contribution is -0.134. The molecule has 2 aliphatic rings. The molecule has 0 spiro atoms. The van der Waals surface area contributed by atoms with Crippen molar-refractivity contribution in [2.75, 3.05) is 26.2 Å². The third-order valence-electron chi connectivity index (χ3n) is 4.40. The summed E-state index contributed by atoms with van der Waals surface area (Å²) < 4.78 is 5.66. The largest absolute Gasteiger partial charge is 0.366 e. The van der Waals surface area contributed by atoms with Gasteiger partial charge >= 0.3 is 0 Å². The molecule has 5 heteroatoms. The smallest absolute Gasteiger partial charge is 0.250 e. The van der Waals surface area contributed by atoms with Crippen LogP contribution in [0.15, 0.2) is 35.2 Å². The summed E-state index contributed by atoms with van der Waals surface area (Å²) in [5, 5.41) is 6.33. The van der Waals surface area contributed by atoms with E-state index in [1.165, 1.54) is 17.7 Å². The fraction of sp³-hybridized carbons (Fsp3) is 0.588. The Bertz CT molecular complexity index is 483. The maximum atomic E-state index is 12.3. The van der Waals surface area contributed by atoms with Crippen LogP contribution in [0.1, 0.15) is 25.7 Å². The van der Waals surface area contributed by atoms with Crippen LogP contribution < -0.4 is 10.6 Å². The van der Waals surface area contributed by atoms with E-state index in [0.29, 0.717) is 13.2 Å². The van der Waals surface area contributed by atoms with Gasteiger partial charge in [-0.1, -0.05) is 31.0 Å². The third kappa shape index (κ3) is 4.03. The first-order chi connectivity index (χ1) is 10.8. The van der Waals surface area contributed by atoms with Crippen LogP contribution in [0.25, 0.3) is 0 Å². The summed E-state index contributed by atoms with van der Waals surface area (Å²) in [6.45, 7) is 2.79. The maximum Gasteiger partial charge on any atom is 0.250 e. The molecule has 1 aromatic carbocycles. The van der Waals surface area contributed by atoms with E-state index in [2.05, 4.69) is 34.9 Å². The van der Waals surface area contributed by atoms with E-state index in [9.17, 15) is 4.79 Å². The van der Waals surface area contributed by atoms with Crippen LogP contribution in [0.3, 0.4) is 0 Å². The molecule has 2 fully saturated rings. The van der Waals surface area contributed by atoms with Crippen molar-refractivity contribution in [3.05, 3.63) is 30.3 Å². The van der Waals surface area contributed by atoms with Crippen LogP contribution >= 0.6 is 11.8 Å². The van der Waals surface area contributed by atoms with Gasteiger partial charge in [0.2, 0.25) is 0 Å². The van der Waals surface area contributed by atoms with Gasteiger partial charge in [0.05, 0.1) is 6.61 Å². The number of benzene rings is 1. The molecule has 1 saturated carbocycles. The number of carbonyl (C=O) groups is 1. The maximum absolute atomic E-state index is 12.3. The average Bonchev–Trinajstić information content (AvgIpc) is 3.03. The van der Waals surface area contributed by atoms with Gasteiger partial charge in [-0.25, -0.2) is 0 Å². The van der Waals surface area contributed by atoms with Crippen LogP contribution in [0.5, 0.6) is 0 Å². The number of morpholine rings is 1. The van der Waals surface area contributed by atoms with Gasteiger partial charge in [-0.3, -0.25) is 4.79 Å². The van der Waals surface area contributed by atoms with Crippen LogP contribution in [0.2, 0.25) is 0 Å². The number of rotatable bonds is 5. The Labute approximate surface area is 136 Å². The third-order valence-corrected chi connectivity index (χ3v) is 5.89. The van der Waals surface area contributed by atoms with Gasteiger partial charge in [0, 0.05) is 29.3 Å². The molecule has 1 atom stereocenters. The van der Waals surface area contributed by atoms with Crippen LogP contribution in [-0.4, -0.2) is 43.0 Å². The zero-order valence-electron chi connectivity index (χ0n) is 12.8. The fourth-order valence-corrected chi connectivity index (χ4v) is 4.60. The van der Waals surface area contributed by atoms with Gasteiger partial charge < -0.3 is 15.4 Å². The van der Waals surface area contributed by atoms with E-state index in [0.717, 1.165) is 25.9 Å². The Kier molecular flexibility index (Phi) is 5.39. The molecule has 1 aliphatic carbocycles. The topological polar surface area (TPSA) is 50.4 Å². The summed E-state index contributed by atoms with van der Waals surface area (Å²) in [4.78, 5) is 13.6. The molecular weight excluding hydrogens is 296 g/mol. The average molecular weight is 320 g/mol. The standard InChI is InChI=1S/C17H24N2O2S/c20-16(15-12-18-10-11-21-15)19-13-17(8-4-5-9-17)22-14-6-2-1-3-7-14/h1-3,6-7,15,18H,4-5,8-13H2,(H,19,20). The van der Waals surface area contributed by atoms with Gasteiger partial charge in [-0.2, -0.15) is 0 Å². The van der Waals surface area contributed by atoms with Crippen molar-refractivity contribution in [3.8, 4) is 0 Å². The highest BCUT2D eigenvalue weighted by atomic mass is 32.2. The highest BCUT2D eigenvalue weighted by molar-refractivity contribution is 8.00. The molecule has 2 N–H and O–H groups in total. The summed E-state index contributed by atoms with van der Waals surface area (Å²) in [5.74, 6) is 0.0205. The number of thioether (sulfide) groups is 1. The molecule has 1 heterocycles. The molecule has 0 radical (unpaired) electrons. The summed E-state index contributed by atoms with van der Waals surface area (Å²) in [6, 6.07) is 10.5. The van der Waals surface area contributed by atoms with Gasteiger partial charge in [0.25, 0.3) is 5.91 Å². The first-order valence-electron chi connectivity index (χ1n) is 8.12. The second-order valence-electron chi connectivity index (χ2n) is 6.09. The second kappa shape index (κ2) is 7.49. The number of amides is 1. The zero-order valence-corrected chi connectivity index (χ0v) is 13.7. The minimum atomic E-state index is -0.339. The normalized spacial score (nSPS) is 24.1. The van der Waals surface area contributed by atoms with Gasteiger partial charge in [0.1, 0.15) is 6.10 Å². The zero-order chi connectivity index (χ0) is 15.3. The molecule has 4 nitrogen and oxygen atoms in total. The van der Waals surface area contributed by atoms with E-state index in [1.54, 1.807) is 0 Å². The van der Waals surface area contributed by atoms with E-state index in [-0.39, 0.29) is 16.8 Å². The Morgan fingerprint density at radius 2 is 2.09 bits per heavy atom. The van der Waals surface area contributed by atoms with Crippen LogP contribution in [0, 0.1) is 0 Å². The lowest BCUT2D eigenvalue weighted by Gasteiger charge is -2.30. The predicted octanol–water partition coefficient (Wildman–Crippen LogP) is 2.20. The first kappa shape index (κ1) is 15.8. The molecule has 120 valence electrons. The lowest BCUT2D eigenvalue weighted by Crippen LogP contribution is -2.50. The van der Waals surface area contributed by atoms with Crippen molar-refractivity contribution in [1.82, 2.24) is 10.6 Å². The molecule has 1 aliphatic heterocycles. The number of carbonyl (C=O) groups excluding carboxylic acids is 1. The van der Waals surface area contributed by atoms with Gasteiger partial charge in [-0.05, 0) is 25.0 Å². The molecular formula is C17H24N2O2S. The van der Waals surface area contributed by atoms with Gasteiger partial charge in [0.15, 0.2) is 0 Å². The Balaban J connectivity index is 1.58. The Hall–Kier alpha value is -1.04. The molecule has 1 aromatic rings. The molecule has 1 amide bonds. The number of ether oxygens (including phenoxy) is 1.